The Balaban J connectivity index is 2.41. The molecule has 18 heavy (non-hydrogen) atoms. The number of aryl methyl sites for hydroxylation is 1. The summed E-state index contributed by atoms with van der Waals surface area (Å²) in [6.45, 7) is -0.885. The van der Waals surface area contributed by atoms with E-state index in [-0.39, 0.29) is 5.75 Å². The van der Waals surface area contributed by atoms with E-state index in [0.717, 1.165) is 16.7 Å². The summed E-state index contributed by atoms with van der Waals surface area (Å²) in [5, 5.41) is 0. The fourth-order valence-electron chi connectivity index (χ4n) is 1.78. The van der Waals surface area contributed by atoms with Gasteiger partial charge in [0.15, 0.2) is 0 Å². The lowest BCUT2D eigenvalue weighted by molar-refractivity contribution is -0.0497. The molecule has 2 aromatic rings. The Kier molecular flexibility index (Phi) is 3.46. The number of ether oxygens (including phenoxy) is 1. The Morgan fingerprint density at radius 3 is 2.50 bits per heavy atom. The van der Waals surface area contributed by atoms with Crippen molar-refractivity contribution in [2.24, 2.45) is 0 Å². The fourth-order valence-corrected chi connectivity index (χ4v) is 1.78. The minimum absolute atomic E-state index is 0.0708. The number of rotatable bonds is 3. The number of nitrogen functional groups attached to an aromatic ring is 1. The molecule has 2 N–H and O–H groups in total. The number of anilines is 1. The summed E-state index contributed by atoms with van der Waals surface area (Å²) in [5.74, 6) is 0.0708. The van der Waals surface area contributed by atoms with Gasteiger partial charge in [0.25, 0.3) is 0 Å². The van der Waals surface area contributed by atoms with Gasteiger partial charge in [0.1, 0.15) is 5.75 Å². The molecule has 0 saturated carbocycles. The lowest BCUT2D eigenvalue weighted by atomic mass is 10.0. The first-order valence-corrected chi connectivity index (χ1v) is 5.47. The van der Waals surface area contributed by atoms with E-state index in [1.54, 1.807) is 12.1 Å². The number of hydrogen-bond donors (Lipinski definition) is 1. The SMILES string of the molecule is Cc1cccc(-c2cc(N)cc(OC(F)F)c2)c1. The minimum atomic E-state index is -2.85. The lowest BCUT2D eigenvalue weighted by Crippen LogP contribution is -2.02. The van der Waals surface area contributed by atoms with Crippen LogP contribution in [0, 0.1) is 6.92 Å². The first-order valence-electron chi connectivity index (χ1n) is 5.47. The van der Waals surface area contributed by atoms with Gasteiger partial charge in [0.2, 0.25) is 0 Å². The van der Waals surface area contributed by atoms with Crippen LogP contribution in [-0.2, 0) is 0 Å². The molecule has 0 saturated heterocycles. The molecule has 0 atom stereocenters. The van der Waals surface area contributed by atoms with E-state index in [0.29, 0.717) is 5.69 Å². The molecule has 94 valence electrons. The molecule has 0 fully saturated rings. The van der Waals surface area contributed by atoms with Crippen molar-refractivity contribution < 1.29 is 13.5 Å². The molecule has 0 aliphatic carbocycles. The van der Waals surface area contributed by atoms with Crippen LogP contribution in [-0.4, -0.2) is 6.61 Å². The Hall–Kier alpha value is -2.10. The molecule has 0 heterocycles. The molecule has 0 unspecified atom stereocenters. The van der Waals surface area contributed by atoms with Gasteiger partial charge in [0, 0.05) is 11.8 Å². The predicted octanol–water partition coefficient (Wildman–Crippen LogP) is 3.85. The highest BCUT2D eigenvalue weighted by molar-refractivity contribution is 5.70. The lowest BCUT2D eigenvalue weighted by Gasteiger charge is -2.09. The van der Waals surface area contributed by atoms with Crippen LogP contribution >= 0.6 is 0 Å². The van der Waals surface area contributed by atoms with E-state index in [2.05, 4.69) is 4.74 Å². The van der Waals surface area contributed by atoms with Crippen LogP contribution in [0.25, 0.3) is 11.1 Å². The van der Waals surface area contributed by atoms with Gasteiger partial charge in [-0.2, -0.15) is 8.78 Å². The molecular weight excluding hydrogens is 236 g/mol. The topological polar surface area (TPSA) is 35.2 Å². The van der Waals surface area contributed by atoms with Crippen molar-refractivity contribution in [3.63, 3.8) is 0 Å². The van der Waals surface area contributed by atoms with E-state index >= 15 is 0 Å². The summed E-state index contributed by atoms with van der Waals surface area (Å²) in [5.41, 5.74) is 8.84. The van der Waals surface area contributed by atoms with Gasteiger partial charge >= 0.3 is 6.61 Å². The second kappa shape index (κ2) is 5.04. The zero-order chi connectivity index (χ0) is 13.1. The molecule has 0 aliphatic heterocycles. The molecule has 4 heteroatoms. The average molecular weight is 249 g/mol. The second-order valence-electron chi connectivity index (χ2n) is 4.04. The molecule has 0 aliphatic rings. The van der Waals surface area contributed by atoms with Gasteiger partial charge in [-0.05, 0) is 30.2 Å². The summed E-state index contributed by atoms with van der Waals surface area (Å²) in [7, 11) is 0. The van der Waals surface area contributed by atoms with Crippen molar-refractivity contribution in [3.05, 3.63) is 48.0 Å². The van der Waals surface area contributed by atoms with Crippen LogP contribution < -0.4 is 10.5 Å². The van der Waals surface area contributed by atoms with E-state index in [1.165, 1.54) is 6.07 Å². The monoisotopic (exact) mass is 249 g/mol. The average Bonchev–Trinajstić information content (AvgIpc) is 2.27. The Morgan fingerprint density at radius 2 is 1.83 bits per heavy atom. The maximum atomic E-state index is 12.2. The zero-order valence-electron chi connectivity index (χ0n) is 9.86. The van der Waals surface area contributed by atoms with Crippen molar-refractivity contribution in [1.82, 2.24) is 0 Å². The third-order valence-corrected chi connectivity index (χ3v) is 2.51. The van der Waals surface area contributed by atoms with Crippen molar-refractivity contribution >= 4 is 5.69 Å². The molecule has 2 nitrogen and oxygen atoms in total. The number of alkyl halides is 2. The highest BCUT2D eigenvalue weighted by atomic mass is 19.3. The minimum Gasteiger partial charge on any atom is -0.435 e. The van der Waals surface area contributed by atoms with E-state index in [4.69, 9.17) is 5.73 Å². The molecule has 0 bridgehead atoms. The first kappa shape index (κ1) is 12.4. The number of hydrogen-bond acceptors (Lipinski definition) is 2. The van der Waals surface area contributed by atoms with Crippen molar-refractivity contribution in [3.8, 4) is 16.9 Å². The summed E-state index contributed by atoms with van der Waals surface area (Å²) in [6.07, 6.45) is 0. The molecule has 2 rings (SSSR count). The molecule has 0 amide bonds. The third-order valence-electron chi connectivity index (χ3n) is 2.51. The van der Waals surface area contributed by atoms with E-state index in [1.807, 2.05) is 31.2 Å². The quantitative estimate of drug-likeness (QED) is 0.838. The maximum absolute atomic E-state index is 12.2. The smallest absolute Gasteiger partial charge is 0.387 e. The Bertz CT molecular complexity index is 555. The van der Waals surface area contributed by atoms with Crippen LogP contribution in [0.4, 0.5) is 14.5 Å². The Morgan fingerprint density at radius 1 is 1.06 bits per heavy atom. The third kappa shape index (κ3) is 2.97. The Labute approximate surface area is 104 Å². The van der Waals surface area contributed by atoms with Gasteiger partial charge in [0.05, 0.1) is 0 Å². The van der Waals surface area contributed by atoms with Crippen LogP contribution in [0.3, 0.4) is 0 Å². The van der Waals surface area contributed by atoms with E-state index < -0.39 is 6.61 Å². The molecular formula is C14H13F2NO. The van der Waals surface area contributed by atoms with Crippen LogP contribution in [0.5, 0.6) is 5.75 Å². The fraction of sp³-hybridized carbons (Fsp3) is 0.143. The van der Waals surface area contributed by atoms with Crippen LogP contribution in [0.2, 0.25) is 0 Å². The highest BCUT2D eigenvalue weighted by Crippen LogP contribution is 2.28. The standard InChI is InChI=1S/C14H13F2NO/c1-9-3-2-4-10(5-9)11-6-12(17)8-13(7-11)18-14(15)16/h2-8,14H,17H2,1H3. The first-order chi connectivity index (χ1) is 8.54. The number of halogens is 2. The molecule has 0 aromatic heterocycles. The van der Waals surface area contributed by atoms with E-state index in [9.17, 15) is 8.78 Å². The van der Waals surface area contributed by atoms with Gasteiger partial charge in [-0.1, -0.05) is 29.8 Å². The highest BCUT2D eigenvalue weighted by Gasteiger charge is 2.07. The van der Waals surface area contributed by atoms with Crippen molar-refractivity contribution in [2.75, 3.05) is 5.73 Å². The van der Waals surface area contributed by atoms with Crippen LogP contribution in [0.15, 0.2) is 42.5 Å². The number of benzene rings is 2. The predicted molar refractivity (Wildman–Crippen MR) is 67.7 cm³/mol. The van der Waals surface area contributed by atoms with Gasteiger partial charge in [-0.15, -0.1) is 0 Å². The summed E-state index contributed by atoms with van der Waals surface area (Å²) < 4.78 is 28.7. The zero-order valence-corrected chi connectivity index (χ0v) is 9.86. The normalized spacial score (nSPS) is 10.7. The van der Waals surface area contributed by atoms with Gasteiger partial charge in [-0.3, -0.25) is 0 Å². The summed E-state index contributed by atoms with van der Waals surface area (Å²) in [6, 6.07) is 12.4. The van der Waals surface area contributed by atoms with Gasteiger partial charge < -0.3 is 10.5 Å². The molecule has 2 aromatic carbocycles. The maximum Gasteiger partial charge on any atom is 0.387 e. The summed E-state index contributed by atoms with van der Waals surface area (Å²) >= 11 is 0. The number of nitrogens with two attached hydrogens (primary N) is 1. The second-order valence-corrected chi connectivity index (χ2v) is 4.04. The van der Waals surface area contributed by atoms with Crippen molar-refractivity contribution in [1.29, 1.82) is 0 Å². The van der Waals surface area contributed by atoms with Gasteiger partial charge in [-0.25, -0.2) is 0 Å². The summed E-state index contributed by atoms with van der Waals surface area (Å²) in [4.78, 5) is 0. The van der Waals surface area contributed by atoms with Crippen molar-refractivity contribution in [2.45, 2.75) is 13.5 Å². The largest absolute Gasteiger partial charge is 0.435 e. The molecule has 0 radical (unpaired) electrons. The van der Waals surface area contributed by atoms with Crippen LogP contribution in [0.1, 0.15) is 5.56 Å². The molecule has 0 spiro atoms.